The second-order valence-corrected chi connectivity index (χ2v) is 4.81. The van der Waals surface area contributed by atoms with Gasteiger partial charge in [-0.05, 0) is 44.8 Å². The SMILES string of the molecule is C=C1CC2(CCN(C)CC2)CC(=O)N1. The Morgan fingerprint density at radius 3 is 2.57 bits per heavy atom. The van der Waals surface area contributed by atoms with Gasteiger partial charge in [0.2, 0.25) is 5.91 Å². The fourth-order valence-electron chi connectivity index (χ4n) is 2.59. The van der Waals surface area contributed by atoms with Gasteiger partial charge >= 0.3 is 0 Å². The fraction of sp³-hybridized carbons (Fsp3) is 0.727. The van der Waals surface area contributed by atoms with Gasteiger partial charge in [-0.25, -0.2) is 0 Å². The molecule has 0 bridgehead atoms. The number of rotatable bonds is 0. The molecule has 1 spiro atoms. The molecule has 0 unspecified atom stereocenters. The maximum absolute atomic E-state index is 11.4. The van der Waals surface area contributed by atoms with E-state index in [0.717, 1.165) is 38.0 Å². The third-order valence-electron chi connectivity index (χ3n) is 3.49. The zero-order valence-electron chi connectivity index (χ0n) is 8.81. The van der Waals surface area contributed by atoms with Crippen LogP contribution in [-0.4, -0.2) is 30.9 Å². The molecule has 1 N–H and O–H groups in total. The Balaban J connectivity index is 2.07. The number of nitrogens with one attached hydrogen (secondary N) is 1. The first kappa shape index (κ1) is 9.71. The molecule has 0 atom stereocenters. The summed E-state index contributed by atoms with van der Waals surface area (Å²) in [6.45, 7) is 6.11. The van der Waals surface area contributed by atoms with E-state index < -0.39 is 0 Å². The van der Waals surface area contributed by atoms with Gasteiger partial charge < -0.3 is 10.2 Å². The summed E-state index contributed by atoms with van der Waals surface area (Å²) in [4.78, 5) is 13.8. The number of likely N-dealkylation sites (tertiary alicyclic amines) is 1. The van der Waals surface area contributed by atoms with Crippen molar-refractivity contribution >= 4 is 5.91 Å². The van der Waals surface area contributed by atoms with Gasteiger partial charge in [0, 0.05) is 12.1 Å². The molecule has 0 radical (unpaired) electrons. The van der Waals surface area contributed by atoms with E-state index in [1.807, 2.05) is 0 Å². The van der Waals surface area contributed by atoms with E-state index in [4.69, 9.17) is 0 Å². The van der Waals surface area contributed by atoms with Gasteiger partial charge in [0.25, 0.3) is 0 Å². The summed E-state index contributed by atoms with van der Waals surface area (Å²) in [5, 5.41) is 2.82. The minimum atomic E-state index is 0.158. The zero-order chi connectivity index (χ0) is 10.2. The number of amides is 1. The molecule has 2 saturated heterocycles. The van der Waals surface area contributed by atoms with E-state index in [9.17, 15) is 4.79 Å². The van der Waals surface area contributed by atoms with Crippen LogP contribution in [-0.2, 0) is 4.79 Å². The Bertz CT molecular complexity index is 246. The van der Waals surface area contributed by atoms with Crippen molar-refractivity contribution in [2.45, 2.75) is 25.7 Å². The van der Waals surface area contributed by atoms with E-state index in [2.05, 4.69) is 23.8 Å². The van der Waals surface area contributed by atoms with Gasteiger partial charge in [-0.3, -0.25) is 4.79 Å². The summed E-state index contributed by atoms with van der Waals surface area (Å²) in [6.07, 6.45) is 3.94. The number of nitrogens with zero attached hydrogens (tertiary/aromatic N) is 1. The van der Waals surface area contributed by atoms with Crippen molar-refractivity contribution in [3.8, 4) is 0 Å². The molecule has 0 aliphatic carbocycles. The Morgan fingerprint density at radius 1 is 1.36 bits per heavy atom. The average molecular weight is 194 g/mol. The minimum absolute atomic E-state index is 0.158. The lowest BCUT2D eigenvalue weighted by Gasteiger charge is -2.43. The molecule has 2 aliphatic rings. The molecule has 0 saturated carbocycles. The van der Waals surface area contributed by atoms with Crippen LogP contribution in [0.4, 0.5) is 0 Å². The highest BCUT2D eigenvalue weighted by atomic mass is 16.1. The van der Waals surface area contributed by atoms with Crippen LogP contribution in [0.5, 0.6) is 0 Å². The molecule has 2 fully saturated rings. The lowest BCUT2D eigenvalue weighted by Crippen LogP contribution is -2.45. The molecular formula is C11H18N2O. The predicted octanol–water partition coefficient (Wildman–Crippen LogP) is 1.12. The first-order valence-electron chi connectivity index (χ1n) is 5.26. The second-order valence-electron chi connectivity index (χ2n) is 4.81. The van der Waals surface area contributed by atoms with Gasteiger partial charge in [0.15, 0.2) is 0 Å². The molecule has 0 aromatic rings. The highest BCUT2D eigenvalue weighted by Gasteiger charge is 2.39. The minimum Gasteiger partial charge on any atom is -0.330 e. The van der Waals surface area contributed by atoms with Crippen molar-refractivity contribution in [3.05, 3.63) is 12.3 Å². The molecule has 78 valence electrons. The van der Waals surface area contributed by atoms with Crippen molar-refractivity contribution in [3.63, 3.8) is 0 Å². The zero-order valence-corrected chi connectivity index (χ0v) is 8.81. The first-order valence-corrected chi connectivity index (χ1v) is 5.26. The third-order valence-corrected chi connectivity index (χ3v) is 3.49. The Kier molecular flexibility index (Phi) is 2.35. The van der Waals surface area contributed by atoms with Crippen LogP contribution in [0.2, 0.25) is 0 Å². The van der Waals surface area contributed by atoms with Crippen LogP contribution >= 0.6 is 0 Å². The Hall–Kier alpha value is -0.830. The average Bonchev–Trinajstić information content (AvgIpc) is 2.09. The standard InChI is InChI=1S/C11H18N2O/c1-9-7-11(8-10(14)12-9)3-5-13(2)6-4-11/h1,3-8H2,2H3,(H,12,14). The van der Waals surface area contributed by atoms with E-state index >= 15 is 0 Å². The molecule has 2 heterocycles. The van der Waals surface area contributed by atoms with Crippen LogP contribution in [0.25, 0.3) is 0 Å². The smallest absolute Gasteiger partial charge is 0.224 e. The fourth-order valence-corrected chi connectivity index (χ4v) is 2.59. The van der Waals surface area contributed by atoms with Crippen molar-refractivity contribution in [2.75, 3.05) is 20.1 Å². The normalized spacial score (nSPS) is 27.8. The van der Waals surface area contributed by atoms with Crippen LogP contribution < -0.4 is 5.32 Å². The van der Waals surface area contributed by atoms with E-state index in [-0.39, 0.29) is 11.3 Å². The first-order chi connectivity index (χ1) is 6.60. The van der Waals surface area contributed by atoms with Crippen LogP contribution in [0, 0.1) is 5.41 Å². The van der Waals surface area contributed by atoms with Crippen molar-refractivity contribution in [2.24, 2.45) is 5.41 Å². The van der Waals surface area contributed by atoms with Crippen molar-refractivity contribution in [1.82, 2.24) is 10.2 Å². The quantitative estimate of drug-likeness (QED) is 0.627. The number of hydrogen-bond acceptors (Lipinski definition) is 2. The number of allylic oxidation sites excluding steroid dienone is 1. The summed E-state index contributed by atoms with van der Waals surface area (Å²) in [5.41, 5.74) is 1.14. The third kappa shape index (κ3) is 1.82. The van der Waals surface area contributed by atoms with E-state index in [0.29, 0.717) is 6.42 Å². The topological polar surface area (TPSA) is 32.3 Å². The number of hydrogen-bond donors (Lipinski definition) is 1. The summed E-state index contributed by atoms with van der Waals surface area (Å²) >= 11 is 0. The van der Waals surface area contributed by atoms with Crippen molar-refractivity contribution in [1.29, 1.82) is 0 Å². The van der Waals surface area contributed by atoms with Gasteiger partial charge in [-0.15, -0.1) is 0 Å². The molecule has 2 aliphatic heterocycles. The molecule has 14 heavy (non-hydrogen) atoms. The summed E-state index contributed by atoms with van der Waals surface area (Å²) < 4.78 is 0. The highest BCUT2D eigenvalue weighted by molar-refractivity contribution is 5.79. The summed E-state index contributed by atoms with van der Waals surface area (Å²) in [6, 6.07) is 0. The van der Waals surface area contributed by atoms with E-state index in [1.165, 1.54) is 0 Å². The maximum atomic E-state index is 11.4. The highest BCUT2D eigenvalue weighted by Crippen LogP contribution is 2.41. The molecule has 3 nitrogen and oxygen atoms in total. The van der Waals surface area contributed by atoms with Crippen molar-refractivity contribution < 1.29 is 4.79 Å². The number of piperidine rings is 2. The molecule has 3 heteroatoms. The summed E-state index contributed by atoms with van der Waals surface area (Å²) in [5.74, 6) is 0.158. The Morgan fingerprint density at radius 2 is 2.00 bits per heavy atom. The molecule has 0 aromatic carbocycles. The van der Waals surface area contributed by atoms with Gasteiger partial charge in [0.05, 0.1) is 0 Å². The second kappa shape index (κ2) is 3.39. The molecular weight excluding hydrogens is 176 g/mol. The monoisotopic (exact) mass is 194 g/mol. The van der Waals surface area contributed by atoms with E-state index in [1.54, 1.807) is 0 Å². The van der Waals surface area contributed by atoms with Crippen LogP contribution in [0.1, 0.15) is 25.7 Å². The number of carbonyl (C=O) groups excluding carboxylic acids is 1. The van der Waals surface area contributed by atoms with Crippen LogP contribution in [0.15, 0.2) is 12.3 Å². The van der Waals surface area contributed by atoms with Crippen LogP contribution in [0.3, 0.4) is 0 Å². The molecule has 0 aromatic heterocycles. The molecule has 1 amide bonds. The lowest BCUT2D eigenvalue weighted by molar-refractivity contribution is -0.125. The Labute approximate surface area is 85.2 Å². The van der Waals surface area contributed by atoms with Gasteiger partial charge in [-0.1, -0.05) is 6.58 Å². The lowest BCUT2D eigenvalue weighted by atomic mass is 9.70. The van der Waals surface area contributed by atoms with Gasteiger partial charge in [-0.2, -0.15) is 0 Å². The van der Waals surface area contributed by atoms with Gasteiger partial charge in [0.1, 0.15) is 0 Å². The largest absolute Gasteiger partial charge is 0.330 e. The number of carbonyl (C=O) groups is 1. The maximum Gasteiger partial charge on any atom is 0.224 e. The molecule has 2 rings (SSSR count). The predicted molar refractivity (Wildman–Crippen MR) is 55.7 cm³/mol. The summed E-state index contributed by atoms with van der Waals surface area (Å²) in [7, 11) is 2.14.